The Morgan fingerprint density at radius 2 is 1.85 bits per heavy atom. The van der Waals surface area contributed by atoms with E-state index in [1.54, 1.807) is 12.1 Å². The highest BCUT2D eigenvalue weighted by Gasteiger charge is 2.31. The second-order valence-corrected chi connectivity index (χ2v) is 6.91. The van der Waals surface area contributed by atoms with Crippen molar-refractivity contribution in [3.8, 4) is 0 Å². The van der Waals surface area contributed by atoms with Gasteiger partial charge in [-0.3, -0.25) is 10.1 Å². The minimum atomic E-state index is -4.35. The lowest BCUT2D eigenvalue weighted by molar-refractivity contribution is -0.914. The van der Waals surface area contributed by atoms with Gasteiger partial charge in [-0.25, -0.2) is 0 Å². The van der Waals surface area contributed by atoms with Gasteiger partial charge in [0.05, 0.1) is 36.7 Å². The summed E-state index contributed by atoms with van der Waals surface area (Å²) in [6.07, 6.45) is -4.35. The van der Waals surface area contributed by atoms with Gasteiger partial charge in [0.15, 0.2) is 0 Å². The van der Waals surface area contributed by atoms with Crippen molar-refractivity contribution in [3.63, 3.8) is 0 Å². The van der Waals surface area contributed by atoms with Gasteiger partial charge >= 0.3 is 6.18 Å². The normalized spacial score (nSPS) is 15.8. The first-order valence-electron chi connectivity index (χ1n) is 8.42. The molecular formula is C18H18ClF3N3O2+. The molecule has 0 atom stereocenters. The molecule has 5 nitrogen and oxygen atoms in total. The molecule has 27 heavy (non-hydrogen) atoms. The van der Waals surface area contributed by atoms with Gasteiger partial charge < -0.3 is 9.80 Å². The molecule has 2 aromatic carbocycles. The van der Waals surface area contributed by atoms with Crippen LogP contribution >= 0.6 is 11.6 Å². The molecule has 0 amide bonds. The fourth-order valence-corrected chi connectivity index (χ4v) is 3.42. The number of hydrogen-bond donors (Lipinski definition) is 1. The molecule has 0 aliphatic carbocycles. The average molecular weight is 401 g/mol. The standard InChI is InChI=1S/C18H17ClF3N3O2/c19-16-5-4-13(10-17(16)25(26)27)12-23-6-8-24(9-7-23)15-3-1-2-14(11-15)18(20,21)22/h1-5,10-11H,6-9,12H2/p+1. The molecule has 0 bridgehead atoms. The third kappa shape index (κ3) is 4.70. The van der Waals surface area contributed by atoms with E-state index in [0.29, 0.717) is 25.3 Å². The Morgan fingerprint density at radius 1 is 1.15 bits per heavy atom. The average Bonchev–Trinajstić information content (AvgIpc) is 2.63. The number of anilines is 1. The van der Waals surface area contributed by atoms with Gasteiger partial charge in [-0.15, -0.1) is 0 Å². The molecule has 0 saturated carbocycles. The Morgan fingerprint density at radius 3 is 2.48 bits per heavy atom. The van der Waals surface area contributed by atoms with Crippen molar-refractivity contribution in [2.45, 2.75) is 12.7 Å². The zero-order valence-electron chi connectivity index (χ0n) is 14.3. The smallest absolute Gasteiger partial charge is 0.360 e. The van der Waals surface area contributed by atoms with Gasteiger partial charge in [0, 0.05) is 17.3 Å². The van der Waals surface area contributed by atoms with Crippen LogP contribution in [0.25, 0.3) is 0 Å². The summed E-state index contributed by atoms with van der Waals surface area (Å²) in [5.41, 5.74) is 0.610. The Labute approximate surface area is 159 Å². The van der Waals surface area contributed by atoms with Gasteiger partial charge in [-0.2, -0.15) is 13.2 Å². The van der Waals surface area contributed by atoms with Crippen LogP contribution in [0.5, 0.6) is 0 Å². The largest absolute Gasteiger partial charge is 0.416 e. The van der Waals surface area contributed by atoms with Crippen LogP contribution in [0.1, 0.15) is 11.1 Å². The number of alkyl halides is 3. The van der Waals surface area contributed by atoms with E-state index in [-0.39, 0.29) is 10.7 Å². The van der Waals surface area contributed by atoms with Crippen molar-refractivity contribution in [2.24, 2.45) is 0 Å². The molecule has 9 heteroatoms. The Kier molecular flexibility index (Phi) is 5.57. The van der Waals surface area contributed by atoms with E-state index in [2.05, 4.69) is 0 Å². The van der Waals surface area contributed by atoms with Crippen molar-refractivity contribution in [2.75, 3.05) is 31.1 Å². The fraction of sp³-hybridized carbons (Fsp3) is 0.333. The highest BCUT2D eigenvalue weighted by atomic mass is 35.5. The number of halogens is 4. The summed E-state index contributed by atoms with van der Waals surface area (Å²) in [7, 11) is 0. The molecule has 0 aromatic heterocycles. The van der Waals surface area contributed by atoms with Gasteiger partial charge in [0.1, 0.15) is 11.6 Å². The lowest BCUT2D eigenvalue weighted by atomic mass is 10.1. The van der Waals surface area contributed by atoms with E-state index in [0.717, 1.165) is 24.7 Å². The molecule has 1 heterocycles. The summed E-state index contributed by atoms with van der Waals surface area (Å²) >= 11 is 5.83. The third-order valence-corrected chi connectivity index (χ3v) is 4.99. The van der Waals surface area contributed by atoms with Crippen molar-refractivity contribution in [1.29, 1.82) is 0 Å². The molecule has 1 fully saturated rings. The molecule has 144 valence electrons. The van der Waals surface area contributed by atoms with E-state index < -0.39 is 16.7 Å². The SMILES string of the molecule is O=[N+]([O-])c1cc(C[NH+]2CCN(c3cccc(C(F)(F)F)c3)CC2)ccc1Cl. The summed E-state index contributed by atoms with van der Waals surface area (Å²) < 4.78 is 38.6. The van der Waals surface area contributed by atoms with Crippen LogP contribution in [0, 0.1) is 10.1 Å². The zero-order valence-corrected chi connectivity index (χ0v) is 15.1. The predicted molar refractivity (Wildman–Crippen MR) is 96.2 cm³/mol. The van der Waals surface area contributed by atoms with E-state index >= 15 is 0 Å². The first-order valence-corrected chi connectivity index (χ1v) is 8.80. The van der Waals surface area contributed by atoms with Crippen molar-refractivity contribution in [1.82, 2.24) is 0 Å². The number of nitro groups is 1. The van der Waals surface area contributed by atoms with Gasteiger partial charge in [-0.1, -0.05) is 23.7 Å². The number of quaternary nitrogens is 1. The number of piperazine rings is 1. The molecule has 1 N–H and O–H groups in total. The molecular weight excluding hydrogens is 383 g/mol. The minimum Gasteiger partial charge on any atom is -0.360 e. The van der Waals surface area contributed by atoms with Gasteiger partial charge in [0.2, 0.25) is 0 Å². The lowest BCUT2D eigenvalue weighted by Crippen LogP contribution is -3.13. The van der Waals surface area contributed by atoms with E-state index in [9.17, 15) is 23.3 Å². The number of benzene rings is 2. The molecule has 0 unspecified atom stereocenters. The number of rotatable bonds is 4. The Hall–Kier alpha value is -2.32. The fourth-order valence-electron chi connectivity index (χ4n) is 3.23. The highest BCUT2D eigenvalue weighted by Crippen LogP contribution is 2.31. The quantitative estimate of drug-likeness (QED) is 0.633. The highest BCUT2D eigenvalue weighted by molar-refractivity contribution is 6.32. The Balaban J connectivity index is 1.63. The topological polar surface area (TPSA) is 50.8 Å². The van der Waals surface area contributed by atoms with E-state index in [4.69, 9.17) is 11.6 Å². The molecule has 0 spiro atoms. The zero-order chi connectivity index (χ0) is 19.6. The minimum absolute atomic E-state index is 0.105. The maximum Gasteiger partial charge on any atom is 0.416 e. The van der Waals surface area contributed by atoms with Crippen LogP contribution in [0.4, 0.5) is 24.5 Å². The molecule has 3 rings (SSSR count). The summed E-state index contributed by atoms with van der Waals surface area (Å²) in [4.78, 5) is 13.6. The second kappa shape index (κ2) is 7.74. The van der Waals surface area contributed by atoms with Crippen LogP contribution in [0.3, 0.4) is 0 Å². The first kappa shape index (κ1) is 19.4. The van der Waals surface area contributed by atoms with E-state index in [1.165, 1.54) is 29.2 Å². The lowest BCUT2D eigenvalue weighted by Gasteiger charge is -2.34. The van der Waals surface area contributed by atoms with E-state index in [1.807, 2.05) is 4.90 Å². The van der Waals surface area contributed by atoms with Crippen LogP contribution in [-0.4, -0.2) is 31.1 Å². The molecule has 0 radical (unpaired) electrons. The molecule has 1 aliphatic rings. The molecule has 2 aromatic rings. The second-order valence-electron chi connectivity index (χ2n) is 6.50. The van der Waals surface area contributed by atoms with Crippen LogP contribution in [0.2, 0.25) is 5.02 Å². The monoisotopic (exact) mass is 400 g/mol. The van der Waals surface area contributed by atoms with Crippen LogP contribution in [-0.2, 0) is 12.7 Å². The number of nitrogens with zero attached hydrogens (tertiary/aromatic N) is 2. The number of nitrogens with one attached hydrogen (secondary N) is 1. The van der Waals surface area contributed by atoms with Crippen molar-refractivity contribution >= 4 is 23.0 Å². The first-order chi connectivity index (χ1) is 12.7. The van der Waals surface area contributed by atoms with Crippen molar-refractivity contribution < 1.29 is 23.0 Å². The summed E-state index contributed by atoms with van der Waals surface area (Å²) in [6.45, 7) is 3.30. The number of hydrogen-bond acceptors (Lipinski definition) is 3. The summed E-state index contributed by atoms with van der Waals surface area (Å²) in [5, 5.41) is 11.1. The van der Waals surface area contributed by atoms with Crippen LogP contribution in [0.15, 0.2) is 42.5 Å². The predicted octanol–water partition coefficient (Wildman–Crippen LogP) is 3.17. The third-order valence-electron chi connectivity index (χ3n) is 4.67. The molecule has 1 aliphatic heterocycles. The molecule has 1 saturated heterocycles. The maximum absolute atomic E-state index is 12.9. The van der Waals surface area contributed by atoms with Gasteiger partial charge in [0.25, 0.3) is 5.69 Å². The van der Waals surface area contributed by atoms with Gasteiger partial charge in [-0.05, 0) is 24.3 Å². The number of nitro benzene ring substituents is 1. The summed E-state index contributed by atoms with van der Waals surface area (Å²) in [5.74, 6) is 0. The van der Waals surface area contributed by atoms with Crippen LogP contribution < -0.4 is 9.80 Å². The Bertz CT molecular complexity index is 837. The maximum atomic E-state index is 12.9. The summed E-state index contributed by atoms with van der Waals surface area (Å²) in [6, 6.07) is 10.1. The van der Waals surface area contributed by atoms with Crippen molar-refractivity contribution in [3.05, 3.63) is 68.7 Å².